The van der Waals surface area contributed by atoms with Gasteiger partial charge < -0.3 is 9.47 Å². The third kappa shape index (κ3) is 5.54. The number of alkyl halides is 3. The molecule has 0 aliphatic heterocycles. The van der Waals surface area contributed by atoms with Crippen molar-refractivity contribution in [2.24, 2.45) is 0 Å². The summed E-state index contributed by atoms with van der Waals surface area (Å²) in [6.45, 7) is 3.57. The van der Waals surface area contributed by atoms with E-state index in [-0.39, 0.29) is 24.0 Å². The molecule has 0 fully saturated rings. The van der Waals surface area contributed by atoms with Crippen LogP contribution < -0.4 is 15.0 Å². The molecule has 1 atom stereocenters. The average molecular weight is 446 g/mol. The largest absolute Gasteiger partial charge is 0.496 e. The monoisotopic (exact) mass is 446 g/mol. The second kappa shape index (κ2) is 9.25. The van der Waals surface area contributed by atoms with Gasteiger partial charge in [-0.15, -0.1) is 0 Å². The van der Waals surface area contributed by atoms with E-state index in [0.29, 0.717) is 17.1 Å². The first-order valence-electron chi connectivity index (χ1n) is 9.71. The number of methoxy groups -OCH3 is 1. The first-order valence-corrected chi connectivity index (χ1v) is 9.71. The van der Waals surface area contributed by atoms with Crippen molar-refractivity contribution in [1.82, 2.24) is 9.97 Å². The topological polar surface area (TPSA) is 81.3 Å². The Morgan fingerprint density at radius 3 is 2.44 bits per heavy atom. The van der Waals surface area contributed by atoms with E-state index in [1.807, 2.05) is 6.92 Å². The summed E-state index contributed by atoms with van der Waals surface area (Å²) in [7, 11) is 1.52. The number of rotatable bonds is 7. The molecule has 2 aromatic carbocycles. The van der Waals surface area contributed by atoms with Crippen molar-refractivity contribution < 1.29 is 27.4 Å². The summed E-state index contributed by atoms with van der Waals surface area (Å²) in [6.07, 6.45) is -4.47. The lowest BCUT2D eigenvalue weighted by Crippen LogP contribution is -2.15. The average Bonchev–Trinajstić information content (AvgIpc) is 2.74. The van der Waals surface area contributed by atoms with Crippen LogP contribution in [0.2, 0.25) is 0 Å². The molecule has 0 aliphatic carbocycles. The lowest BCUT2D eigenvalue weighted by molar-refractivity contribution is -0.137. The maximum atomic E-state index is 12.7. The normalized spacial score (nSPS) is 12.3. The van der Waals surface area contributed by atoms with Gasteiger partial charge in [-0.25, -0.2) is 0 Å². The molecule has 1 aromatic heterocycles. The van der Waals surface area contributed by atoms with E-state index in [9.17, 15) is 22.8 Å². The first kappa shape index (κ1) is 23.1. The zero-order valence-corrected chi connectivity index (χ0v) is 17.6. The smallest absolute Gasteiger partial charge is 0.416 e. The number of halogens is 3. The number of benzene rings is 2. The van der Waals surface area contributed by atoms with Crippen molar-refractivity contribution in [3.05, 3.63) is 81.3 Å². The van der Waals surface area contributed by atoms with Gasteiger partial charge in [0.1, 0.15) is 17.2 Å². The second-order valence-electron chi connectivity index (χ2n) is 7.32. The first-order chi connectivity index (χ1) is 15.1. The number of aromatic nitrogens is 2. The van der Waals surface area contributed by atoms with Crippen LogP contribution in [0.1, 0.15) is 46.4 Å². The molecule has 1 heterocycles. The molecule has 1 N–H and O–H groups in total. The quantitative estimate of drug-likeness (QED) is 0.500. The van der Waals surface area contributed by atoms with Gasteiger partial charge in [-0.2, -0.15) is 18.2 Å². The highest BCUT2D eigenvalue weighted by atomic mass is 19.4. The molecule has 0 saturated carbocycles. The van der Waals surface area contributed by atoms with Crippen LogP contribution >= 0.6 is 0 Å². The number of ether oxygens (including phenoxy) is 2. The number of carbonyl (C=O) groups is 1. The standard InChI is InChI=1S/C23H21F3N2O4/c1-13-4-9-17(11-20(13)31-3)32-22-27-18(12-21(30)28-22)19(29)10-14(2)15-5-7-16(8-6-15)23(24,25)26/h4-9,11-12,14H,10H2,1-3H3,(H,27,28,30)/t14-/m0/s1. The summed E-state index contributed by atoms with van der Waals surface area (Å²) >= 11 is 0. The van der Waals surface area contributed by atoms with Gasteiger partial charge in [-0.3, -0.25) is 14.6 Å². The molecule has 0 bridgehead atoms. The van der Waals surface area contributed by atoms with Gasteiger partial charge in [0.05, 0.1) is 12.7 Å². The van der Waals surface area contributed by atoms with Crippen LogP contribution in [0.4, 0.5) is 13.2 Å². The number of nitrogens with zero attached hydrogens (tertiary/aromatic N) is 1. The van der Waals surface area contributed by atoms with Gasteiger partial charge >= 0.3 is 12.2 Å². The van der Waals surface area contributed by atoms with Crippen LogP contribution in [0, 0.1) is 6.92 Å². The van der Waals surface area contributed by atoms with Gasteiger partial charge in [-0.1, -0.05) is 25.1 Å². The molecule has 32 heavy (non-hydrogen) atoms. The Labute approximate surface area is 182 Å². The van der Waals surface area contributed by atoms with Crippen LogP contribution in [0.5, 0.6) is 17.5 Å². The Balaban J connectivity index is 1.75. The minimum Gasteiger partial charge on any atom is -0.496 e. The van der Waals surface area contributed by atoms with Crippen molar-refractivity contribution >= 4 is 5.78 Å². The fourth-order valence-corrected chi connectivity index (χ4v) is 3.10. The van der Waals surface area contributed by atoms with Crippen molar-refractivity contribution in [2.45, 2.75) is 32.4 Å². The number of hydrogen-bond donors (Lipinski definition) is 1. The molecular weight excluding hydrogens is 425 g/mol. The van der Waals surface area contributed by atoms with Gasteiger partial charge in [0.25, 0.3) is 5.56 Å². The number of aryl methyl sites for hydroxylation is 1. The van der Waals surface area contributed by atoms with Crippen LogP contribution in [0.3, 0.4) is 0 Å². The summed E-state index contributed by atoms with van der Waals surface area (Å²) in [4.78, 5) is 31.2. The summed E-state index contributed by atoms with van der Waals surface area (Å²) < 4.78 is 49.0. The fourth-order valence-electron chi connectivity index (χ4n) is 3.10. The molecule has 0 saturated heterocycles. The molecular formula is C23H21F3N2O4. The number of hydrogen-bond acceptors (Lipinski definition) is 5. The molecule has 0 spiro atoms. The molecule has 6 nitrogen and oxygen atoms in total. The summed E-state index contributed by atoms with van der Waals surface area (Å²) in [5.41, 5.74) is 0.0358. The SMILES string of the molecule is COc1cc(Oc2nc(C(=O)C[C@H](C)c3ccc(C(F)(F)F)cc3)cc(=O)[nH]2)ccc1C. The predicted octanol–water partition coefficient (Wildman–Crippen LogP) is 5.27. The number of ketones is 1. The summed E-state index contributed by atoms with van der Waals surface area (Å²) in [6, 6.07) is 10.6. The maximum absolute atomic E-state index is 12.7. The van der Waals surface area contributed by atoms with Gasteiger partial charge in [0.15, 0.2) is 5.78 Å². The lowest BCUT2D eigenvalue weighted by Gasteiger charge is -2.13. The third-order valence-corrected chi connectivity index (χ3v) is 4.90. The number of aromatic amines is 1. The minimum atomic E-state index is -4.43. The number of Topliss-reactive ketones (excluding diaryl/α,β-unsaturated/α-hetero) is 1. The third-order valence-electron chi connectivity index (χ3n) is 4.90. The van der Waals surface area contributed by atoms with Crippen LogP contribution in [-0.4, -0.2) is 22.9 Å². The van der Waals surface area contributed by atoms with Crippen molar-refractivity contribution in [3.63, 3.8) is 0 Å². The van der Waals surface area contributed by atoms with Gasteiger partial charge in [0.2, 0.25) is 0 Å². The minimum absolute atomic E-state index is 0.0421. The van der Waals surface area contributed by atoms with Gasteiger partial charge in [0, 0.05) is 18.6 Å². The highest BCUT2D eigenvalue weighted by Gasteiger charge is 2.30. The van der Waals surface area contributed by atoms with E-state index < -0.39 is 23.1 Å². The maximum Gasteiger partial charge on any atom is 0.416 e. The van der Waals surface area contributed by atoms with Crippen LogP contribution in [0.25, 0.3) is 0 Å². The highest BCUT2D eigenvalue weighted by Crippen LogP contribution is 2.31. The lowest BCUT2D eigenvalue weighted by atomic mass is 9.94. The summed E-state index contributed by atoms with van der Waals surface area (Å²) in [5, 5.41) is 0. The molecule has 9 heteroatoms. The number of carbonyl (C=O) groups excluding carboxylic acids is 1. The fraction of sp³-hybridized carbons (Fsp3) is 0.261. The Hall–Kier alpha value is -3.62. The van der Waals surface area contributed by atoms with Gasteiger partial charge in [-0.05, 0) is 42.2 Å². The Bertz CT molecular complexity index is 1170. The van der Waals surface area contributed by atoms with Crippen molar-refractivity contribution in [1.29, 1.82) is 0 Å². The molecule has 0 aliphatic rings. The molecule has 0 amide bonds. The zero-order valence-electron chi connectivity index (χ0n) is 17.6. The van der Waals surface area contributed by atoms with E-state index in [1.165, 1.54) is 19.2 Å². The predicted molar refractivity (Wildman–Crippen MR) is 111 cm³/mol. The number of nitrogens with one attached hydrogen (secondary N) is 1. The Morgan fingerprint density at radius 1 is 1.12 bits per heavy atom. The van der Waals surface area contributed by atoms with E-state index in [4.69, 9.17) is 9.47 Å². The molecule has 0 unspecified atom stereocenters. The molecule has 3 rings (SSSR count). The van der Waals surface area contributed by atoms with E-state index in [1.54, 1.807) is 25.1 Å². The van der Waals surface area contributed by atoms with Crippen LogP contribution in [0.15, 0.2) is 53.3 Å². The Morgan fingerprint density at radius 2 is 1.81 bits per heavy atom. The highest BCUT2D eigenvalue weighted by molar-refractivity contribution is 5.94. The second-order valence-corrected chi connectivity index (χ2v) is 7.32. The van der Waals surface area contributed by atoms with Crippen LogP contribution in [-0.2, 0) is 6.18 Å². The zero-order chi connectivity index (χ0) is 23.5. The molecule has 3 aromatic rings. The molecule has 168 valence electrons. The van der Waals surface area contributed by atoms with E-state index in [2.05, 4.69) is 9.97 Å². The number of H-pyrrole nitrogens is 1. The molecule has 0 radical (unpaired) electrons. The summed E-state index contributed by atoms with van der Waals surface area (Å²) in [5.74, 6) is 0.132. The van der Waals surface area contributed by atoms with Crippen molar-refractivity contribution in [3.8, 4) is 17.5 Å². The Kier molecular flexibility index (Phi) is 6.67. The van der Waals surface area contributed by atoms with E-state index in [0.717, 1.165) is 23.8 Å². The van der Waals surface area contributed by atoms with Crippen molar-refractivity contribution in [2.75, 3.05) is 7.11 Å². The van der Waals surface area contributed by atoms with E-state index >= 15 is 0 Å².